The Hall–Kier alpha value is -1.35. The number of unbranched alkanes of at least 4 members (excludes halogenated alkanes) is 26. The van der Waals surface area contributed by atoms with Gasteiger partial charge in [-0.05, 0) is 12.8 Å². The van der Waals surface area contributed by atoms with Gasteiger partial charge in [0.25, 0.3) is 10.1 Å². The van der Waals surface area contributed by atoms with Gasteiger partial charge in [-0.2, -0.15) is 8.42 Å². The van der Waals surface area contributed by atoms with E-state index < -0.39 is 71.2 Å². The molecule has 0 radical (unpaired) electrons. The molecule has 0 saturated carbocycles. The Morgan fingerprint density at radius 3 is 1.30 bits per heavy atom. The van der Waals surface area contributed by atoms with Crippen LogP contribution in [0.25, 0.3) is 0 Å². The fraction of sp³-hybridized carbons (Fsp3) is 0.953. The van der Waals surface area contributed by atoms with Gasteiger partial charge in [-0.3, -0.25) is 14.1 Å². The van der Waals surface area contributed by atoms with E-state index >= 15 is 0 Å². The van der Waals surface area contributed by atoms with Gasteiger partial charge in [0.15, 0.2) is 12.4 Å². The van der Waals surface area contributed by atoms with E-state index in [9.17, 15) is 37.9 Å². The van der Waals surface area contributed by atoms with Crippen molar-refractivity contribution in [2.45, 2.75) is 243 Å². The second-order valence-corrected chi connectivity index (χ2v) is 17.6. The van der Waals surface area contributed by atoms with Crippen LogP contribution in [-0.2, 0) is 38.7 Å². The molecule has 1 aliphatic rings. The molecule has 0 aromatic rings. The summed E-state index contributed by atoms with van der Waals surface area (Å²) in [6, 6.07) is 0. The highest BCUT2D eigenvalue weighted by molar-refractivity contribution is 7.85. The number of esters is 2. The van der Waals surface area contributed by atoms with Gasteiger partial charge in [0, 0.05) is 12.8 Å². The van der Waals surface area contributed by atoms with Crippen molar-refractivity contribution in [3.63, 3.8) is 0 Å². The summed E-state index contributed by atoms with van der Waals surface area (Å²) in [7, 11) is -4.59. The Balaban J connectivity index is 2.39. The molecule has 332 valence electrons. The molecule has 1 aliphatic heterocycles. The van der Waals surface area contributed by atoms with Gasteiger partial charge in [-0.25, -0.2) is 0 Å². The van der Waals surface area contributed by atoms with Gasteiger partial charge in [0.1, 0.15) is 36.8 Å². The Bertz CT molecular complexity index is 1060. The summed E-state index contributed by atoms with van der Waals surface area (Å²) in [6.07, 6.45) is 24.5. The van der Waals surface area contributed by atoms with Crippen LogP contribution >= 0.6 is 0 Å². The first kappa shape index (κ1) is 52.7. The van der Waals surface area contributed by atoms with Gasteiger partial charge in [-0.15, -0.1) is 0 Å². The minimum Gasteiger partial charge on any atom is -0.462 e. The predicted octanol–water partition coefficient (Wildman–Crippen LogP) is 8.90. The quantitative estimate of drug-likeness (QED) is 0.0264. The first-order valence-electron chi connectivity index (χ1n) is 22.6. The molecule has 0 aromatic carbocycles. The van der Waals surface area contributed by atoms with Gasteiger partial charge >= 0.3 is 11.9 Å². The first-order chi connectivity index (χ1) is 27.0. The summed E-state index contributed by atoms with van der Waals surface area (Å²) < 4.78 is 54.0. The molecule has 0 aromatic heterocycles. The summed E-state index contributed by atoms with van der Waals surface area (Å²) in [5, 5.41) is 30.8. The lowest BCUT2D eigenvalue weighted by atomic mass is 10.00. The SMILES string of the molecule is CCCCCCCCCCCCCCCCCCCCC(=O)OC[C@H](CO[C@H]1O[C@H](CS(=O)(=O)O)[C@@H](O)C(O)C1O)OC(=O)CCCCCCCCCCCC. The fourth-order valence-electron chi connectivity index (χ4n) is 7.15. The van der Waals surface area contributed by atoms with Gasteiger partial charge in [0.05, 0.1) is 6.61 Å². The molecule has 0 aliphatic carbocycles. The summed E-state index contributed by atoms with van der Waals surface area (Å²) in [5.41, 5.74) is 0. The topological polar surface area (TPSA) is 186 Å². The minimum absolute atomic E-state index is 0.171. The molecule has 0 spiro atoms. The number of hydrogen-bond donors (Lipinski definition) is 4. The summed E-state index contributed by atoms with van der Waals surface area (Å²) in [5.74, 6) is -1.97. The van der Waals surface area contributed by atoms with E-state index in [1.165, 1.54) is 128 Å². The Labute approximate surface area is 340 Å². The van der Waals surface area contributed by atoms with Crippen molar-refractivity contribution in [1.82, 2.24) is 0 Å². The lowest BCUT2D eigenvalue weighted by Gasteiger charge is -2.40. The molecule has 1 rings (SSSR count). The minimum atomic E-state index is -4.59. The monoisotopic (exact) mass is 823 g/mol. The van der Waals surface area contributed by atoms with Crippen LogP contribution in [0.5, 0.6) is 0 Å². The van der Waals surface area contributed by atoms with Crippen molar-refractivity contribution in [2.24, 2.45) is 0 Å². The average Bonchev–Trinajstić information content (AvgIpc) is 3.16. The van der Waals surface area contributed by atoms with Crippen LogP contribution in [0.3, 0.4) is 0 Å². The van der Waals surface area contributed by atoms with Gasteiger partial charge in [-0.1, -0.05) is 181 Å². The zero-order valence-electron chi connectivity index (χ0n) is 35.3. The summed E-state index contributed by atoms with van der Waals surface area (Å²) in [6.45, 7) is 3.76. The number of carbonyl (C=O) groups excluding carboxylic acids is 2. The third-order valence-corrected chi connectivity index (χ3v) is 11.4. The van der Waals surface area contributed by atoms with E-state index in [0.29, 0.717) is 12.8 Å². The highest BCUT2D eigenvalue weighted by Gasteiger charge is 2.46. The smallest absolute Gasteiger partial charge is 0.306 e. The molecular weight excluding hydrogens is 741 g/mol. The Morgan fingerprint density at radius 2 is 0.911 bits per heavy atom. The molecular formula is C43H82O12S. The van der Waals surface area contributed by atoms with Crippen molar-refractivity contribution in [3.05, 3.63) is 0 Å². The van der Waals surface area contributed by atoms with Gasteiger partial charge < -0.3 is 34.3 Å². The van der Waals surface area contributed by atoms with Crippen molar-refractivity contribution < 1.29 is 56.8 Å². The zero-order valence-corrected chi connectivity index (χ0v) is 36.1. The number of rotatable bonds is 38. The standard InChI is InChI=1S/C43H82O12S/c1-3-5-7-9-11-13-15-16-17-18-19-20-21-22-24-25-27-29-31-38(44)52-33-36(54-39(45)32-30-28-26-23-14-12-10-8-6-4-2)34-53-43-42(48)41(47)40(46)37(55-43)35-56(49,50)51/h36-37,40-43,46-48H,3-35H2,1-2H3,(H,49,50,51)/t36-,37-,40-,41?,42?,43+/m1/s1. The van der Waals surface area contributed by atoms with Crippen LogP contribution in [0.15, 0.2) is 0 Å². The number of aliphatic hydroxyl groups is 3. The molecule has 1 saturated heterocycles. The highest BCUT2D eigenvalue weighted by atomic mass is 32.2. The molecule has 6 atom stereocenters. The van der Waals surface area contributed by atoms with E-state index in [-0.39, 0.29) is 19.4 Å². The molecule has 1 heterocycles. The van der Waals surface area contributed by atoms with E-state index in [2.05, 4.69) is 13.8 Å². The first-order valence-corrected chi connectivity index (χ1v) is 24.2. The maximum absolute atomic E-state index is 12.7. The zero-order chi connectivity index (χ0) is 41.3. The van der Waals surface area contributed by atoms with Crippen molar-refractivity contribution in [3.8, 4) is 0 Å². The van der Waals surface area contributed by atoms with E-state index in [0.717, 1.165) is 38.5 Å². The van der Waals surface area contributed by atoms with E-state index in [4.69, 9.17) is 18.9 Å². The number of aliphatic hydroxyl groups excluding tert-OH is 3. The number of carbonyl (C=O) groups is 2. The predicted molar refractivity (Wildman–Crippen MR) is 220 cm³/mol. The average molecular weight is 823 g/mol. The second-order valence-electron chi connectivity index (χ2n) is 16.1. The molecule has 13 heteroatoms. The van der Waals surface area contributed by atoms with Crippen LogP contribution in [0.1, 0.15) is 206 Å². The van der Waals surface area contributed by atoms with Crippen molar-refractivity contribution >= 4 is 22.1 Å². The number of ether oxygens (including phenoxy) is 4. The molecule has 56 heavy (non-hydrogen) atoms. The van der Waals surface area contributed by atoms with E-state index in [1.807, 2.05) is 0 Å². The number of hydrogen-bond acceptors (Lipinski definition) is 11. The third kappa shape index (κ3) is 29.0. The molecule has 1 fully saturated rings. The molecule has 2 unspecified atom stereocenters. The molecule has 4 N–H and O–H groups in total. The fourth-order valence-corrected chi connectivity index (χ4v) is 7.84. The maximum atomic E-state index is 12.7. The van der Waals surface area contributed by atoms with E-state index in [1.54, 1.807) is 0 Å². The third-order valence-electron chi connectivity index (χ3n) is 10.7. The highest BCUT2D eigenvalue weighted by Crippen LogP contribution is 2.24. The van der Waals surface area contributed by atoms with Crippen LogP contribution in [-0.4, -0.2) is 96.0 Å². The van der Waals surface area contributed by atoms with Crippen LogP contribution in [0.4, 0.5) is 0 Å². The van der Waals surface area contributed by atoms with Crippen LogP contribution < -0.4 is 0 Å². The molecule has 0 bridgehead atoms. The van der Waals surface area contributed by atoms with Crippen LogP contribution in [0.2, 0.25) is 0 Å². The normalized spacial score (nSPS) is 20.6. The van der Waals surface area contributed by atoms with Crippen molar-refractivity contribution in [2.75, 3.05) is 19.0 Å². The lowest BCUT2D eigenvalue weighted by molar-refractivity contribution is -0.297. The van der Waals surface area contributed by atoms with Gasteiger partial charge in [0.2, 0.25) is 0 Å². The lowest BCUT2D eigenvalue weighted by Crippen LogP contribution is -2.60. The maximum Gasteiger partial charge on any atom is 0.306 e. The summed E-state index contributed by atoms with van der Waals surface area (Å²) in [4.78, 5) is 25.3. The van der Waals surface area contributed by atoms with Crippen LogP contribution in [0, 0.1) is 0 Å². The largest absolute Gasteiger partial charge is 0.462 e. The summed E-state index contributed by atoms with van der Waals surface area (Å²) >= 11 is 0. The Morgan fingerprint density at radius 1 is 0.536 bits per heavy atom. The molecule has 0 amide bonds. The van der Waals surface area contributed by atoms with Crippen molar-refractivity contribution in [1.29, 1.82) is 0 Å². The second kappa shape index (κ2) is 34.5. The molecule has 12 nitrogen and oxygen atoms in total. The Kier molecular flexibility index (Phi) is 32.5.